The van der Waals surface area contributed by atoms with Gasteiger partial charge in [-0.05, 0) is 43.7 Å². The number of nitrogen functional groups attached to an aromatic ring is 1. The third-order valence-electron chi connectivity index (χ3n) is 3.44. The highest BCUT2D eigenvalue weighted by Crippen LogP contribution is 2.28. The van der Waals surface area contributed by atoms with Gasteiger partial charge < -0.3 is 10.8 Å². The van der Waals surface area contributed by atoms with Crippen molar-refractivity contribution in [1.82, 2.24) is 15.0 Å². The number of aromatic nitrogens is 3. The molecular weight excluding hydrogens is 264 g/mol. The molecule has 0 bridgehead atoms. The molecule has 0 amide bonds. The van der Waals surface area contributed by atoms with E-state index in [1.54, 1.807) is 28.9 Å². The van der Waals surface area contributed by atoms with Crippen molar-refractivity contribution in [2.24, 2.45) is 0 Å². The maximum atomic E-state index is 9.34. The van der Waals surface area contributed by atoms with Crippen molar-refractivity contribution in [3.05, 3.63) is 53.6 Å². The fourth-order valence-corrected chi connectivity index (χ4v) is 2.34. The Kier molecular flexibility index (Phi) is 3.10. The molecule has 1 heterocycles. The van der Waals surface area contributed by atoms with Gasteiger partial charge in [0.25, 0.3) is 0 Å². The predicted octanol–water partition coefficient (Wildman–Crippen LogP) is 2.84. The second-order valence-electron chi connectivity index (χ2n) is 5.07. The van der Waals surface area contributed by atoms with Gasteiger partial charge >= 0.3 is 0 Å². The number of phenols is 1. The molecule has 106 valence electrons. The number of nitrogens with two attached hydrogens (primary N) is 1. The third kappa shape index (κ3) is 2.33. The molecule has 0 fully saturated rings. The van der Waals surface area contributed by atoms with E-state index in [0.717, 1.165) is 16.8 Å². The van der Waals surface area contributed by atoms with Gasteiger partial charge in [-0.15, -0.1) is 5.10 Å². The summed E-state index contributed by atoms with van der Waals surface area (Å²) in [5, 5.41) is 17.7. The Morgan fingerprint density at radius 3 is 2.43 bits per heavy atom. The van der Waals surface area contributed by atoms with E-state index in [0.29, 0.717) is 11.5 Å². The van der Waals surface area contributed by atoms with E-state index in [4.69, 9.17) is 5.73 Å². The second-order valence-corrected chi connectivity index (χ2v) is 5.07. The molecule has 0 aliphatic rings. The Hall–Kier alpha value is -2.82. The van der Waals surface area contributed by atoms with Crippen LogP contribution in [0.25, 0.3) is 16.9 Å². The molecule has 2 aromatic carbocycles. The average Bonchev–Trinajstić information content (AvgIpc) is 2.82. The minimum Gasteiger partial charge on any atom is -0.508 e. The van der Waals surface area contributed by atoms with Gasteiger partial charge in [0.15, 0.2) is 5.82 Å². The molecule has 3 aromatic rings. The maximum absolute atomic E-state index is 9.34. The SMILES string of the molecule is Cc1ccc(-c2nnn(-c3ccc(O)cc3)c2N)c(C)c1. The fraction of sp³-hybridized carbons (Fsp3) is 0.125. The molecular formula is C16H16N4O. The zero-order valence-electron chi connectivity index (χ0n) is 11.9. The lowest BCUT2D eigenvalue weighted by Crippen LogP contribution is -2.02. The van der Waals surface area contributed by atoms with E-state index in [-0.39, 0.29) is 5.75 Å². The molecule has 0 aliphatic heterocycles. The number of hydrogen-bond donors (Lipinski definition) is 2. The maximum Gasteiger partial charge on any atom is 0.155 e. The summed E-state index contributed by atoms with van der Waals surface area (Å²) < 4.78 is 1.56. The molecule has 21 heavy (non-hydrogen) atoms. The number of anilines is 1. The number of hydrogen-bond acceptors (Lipinski definition) is 4. The van der Waals surface area contributed by atoms with E-state index in [1.807, 2.05) is 26.0 Å². The lowest BCUT2D eigenvalue weighted by atomic mass is 10.0. The van der Waals surface area contributed by atoms with Crippen molar-refractivity contribution in [2.75, 3.05) is 5.73 Å². The van der Waals surface area contributed by atoms with E-state index < -0.39 is 0 Å². The van der Waals surface area contributed by atoms with Crippen LogP contribution in [0.15, 0.2) is 42.5 Å². The highest BCUT2D eigenvalue weighted by Gasteiger charge is 2.14. The molecule has 3 N–H and O–H groups in total. The highest BCUT2D eigenvalue weighted by molar-refractivity contribution is 5.73. The number of nitrogens with zero attached hydrogens (tertiary/aromatic N) is 3. The Balaban J connectivity index is 2.09. The van der Waals surface area contributed by atoms with Gasteiger partial charge in [0, 0.05) is 5.56 Å². The van der Waals surface area contributed by atoms with Crippen LogP contribution in [-0.4, -0.2) is 20.1 Å². The highest BCUT2D eigenvalue weighted by atomic mass is 16.3. The summed E-state index contributed by atoms with van der Waals surface area (Å²) >= 11 is 0. The Morgan fingerprint density at radius 1 is 1.05 bits per heavy atom. The molecule has 3 rings (SSSR count). The second kappa shape index (κ2) is 4.94. The van der Waals surface area contributed by atoms with Crippen LogP contribution in [0.5, 0.6) is 5.75 Å². The zero-order chi connectivity index (χ0) is 15.0. The lowest BCUT2D eigenvalue weighted by molar-refractivity contribution is 0.475. The molecule has 0 atom stereocenters. The summed E-state index contributed by atoms with van der Waals surface area (Å²) in [6, 6.07) is 12.8. The van der Waals surface area contributed by atoms with Crippen molar-refractivity contribution in [1.29, 1.82) is 0 Å². The fourth-order valence-electron chi connectivity index (χ4n) is 2.34. The smallest absolute Gasteiger partial charge is 0.155 e. The number of rotatable bonds is 2. The average molecular weight is 280 g/mol. The van der Waals surface area contributed by atoms with E-state index in [1.165, 1.54) is 5.56 Å². The van der Waals surface area contributed by atoms with Crippen molar-refractivity contribution in [3.63, 3.8) is 0 Å². The molecule has 0 aliphatic carbocycles. The molecule has 0 spiro atoms. The first kappa shape index (κ1) is 13.2. The van der Waals surface area contributed by atoms with Gasteiger partial charge in [-0.3, -0.25) is 0 Å². The van der Waals surface area contributed by atoms with Crippen molar-refractivity contribution >= 4 is 5.82 Å². The van der Waals surface area contributed by atoms with Crippen LogP contribution in [-0.2, 0) is 0 Å². The molecule has 1 aromatic heterocycles. The van der Waals surface area contributed by atoms with Crippen LogP contribution in [0.3, 0.4) is 0 Å². The van der Waals surface area contributed by atoms with Crippen molar-refractivity contribution < 1.29 is 5.11 Å². The number of aryl methyl sites for hydroxylation is 2. The molecule has 0 saturated carbocycles. The first-order valence-corrected chi connectivity index (χ1v) is 6.64. The van der Waals surface area contributed by atoms with Crippen LogP contribution in [0.2, 0.25) is 0 Å². The summed E-state index contributed by atoms with van der Waals surface area (Å²) in [6.45, 7) is 4.08. The molecule has 0 saturated heterocycles. The Bertz CT molecular complexity index is 791. The van der Waals surface area contributed by atoms with E-state index in [2.05, 4.69) is 16.4 Å². The van der Waals surface area contributed by atoms with Gasteiger partial charge in [0.1, 0.15) is 11.4 Å². The van der Waals surface area contributed by atoms with Crippen LogP contribution >= 0.6 is 0 Å². The van der Waals surface area contributed by atoms with Crippen LogP contribution in [0.4, 0.5) is 5.82 Å². The normalized spacial score (nSPS) is 10.8. The standard InChI is InChI=1S/C16H16N4O/c1-10-3-8-14(11(2)9-10)15-16(17)20(19-18-15)12-4-6-13(21)7-5-12/h3-9,21H,17H2,1-2H3. The molecule has 0 radical (unpaired) electrons. The number of phenolic OH excluding ortho intramolecular Hbond substituents is 1. The summed E-state index contributed by atoms with van der Waals surface area (Å²) in [5.41, 5.74) is 10.9. The molecule has 0 unspecified atom stereocenters. The van der Waals surface area contributed by atoms with Crippen LogP contribution in [0.1, 0.15) is 11.1 Å². The van der Waals surface area contributed by atoms with Crippen molar-refractivity contribution in [2.45, 2.75) is 13.8 Å². The summed E-state index contributed by atoms with van der Waals surface area (Å²) in [4.78, 5) is 0. The Morgan fingerprint density at radius 2 is 1.76 bits per heavy atom. The number of aromatic hydroxyl groups is 1. The monoisotopic (exact) mass is 280 g/mol. The van der Waals surface area contributed by atoms with Crippen LogP contribution < -0.4 is 5.73 Å². The van der Waals surface area contributed by atoms with E-state index in [9.17, 15) is 5.11 Å². The topological polar surface area (TPSA) is 77.0 Å². The minimum atomic E-state index is 0.201. The number of benzene rings is 2. The van der Waals surface area contributed by atoms with E-state index >= 15 is 0 Å². The molecule has 5 nitrogen and oxygen atoms in total. The summed E-state index contributed by atoms with van der Waals surface area (Å²) in [7, 11) is 0. The summed E-state index contributed by atoms with van der Waals surface area (Å²) in [6.07, 6.45) is 0. The van der Waals surface area contributed by atoms with Gasteiger partial charge in [0.2, 0.25) is 0 Å². The Labute approximate surface area is 122 Å². The van der Waals surface area contributed by atoms with Gasteiger partial charge in [-0.1, -0.05) is 29.0 Å². The first-order chi connectivity index (χ1) is 10.1. The van der Waals surface area contributed by atoms with Gasteiger partial charge in [-0.2, -0.15) is 4.68 Å². The van der Waals surface area contributed by atoms with Crippen molar-refractivity contribution in [3.8, 4) is 22.7 Å². The van der Waals surface area contributed by atoms with Gasteiger partial charge in [0.05, 0.1) is 5.69 Å². The quantitative estimate of drug-likeness (QED) is 0.756. The zero-order valence-corrected chi connectivity index (χ0v) is 11.9. The molecule has 5 heteroatoms. The predicted molar refractivity (Wildman–Crippen MR) is 82.3 cm³/mol. The summed E-state index contributed by atoms with van der Waals surface area (Å²) in [5.74, 6) is 0.680. The van der Waals surface area contributed by atoms with Crippen LogP contribution in [0, 0.1) is 13.8 Å². The third-order valence-corrected chi connectivity index (χ3v) is 3.44. The first-order valence-electron chi connectivity index (χ1n) is 6.64. The minimum absolute atomic E-state index is 0.201. The lowest BCUT2D eigenvalue weighted by Gasteiger charge is -2.06. The largest absolute Gasteiger partial charge is 0.508 e. The van der Waals surface area contributed by atoms with Gasteiger partial charge in [-0.25, -0.2) is 0 Å².